The highest BCUT2D eigenvalue weighted by Gasteiger charge is 2.29. The molecule has 2 unspecified atom stereocenters. The van der Waals surface area contributed by atoms with Gasteiger partial charge in [-0.15, -0.1) is 0 Å². The van der Waals surface area contributed by atoms with Crippen molar-refractivity contribution in [1.82, 2.24) is 10.6 Å². The molecule has 36 heavy (non-hydrogen) atoms. The van der Waals surface area contributed by atoms with Crippen molar-refractivity contribution >= 4 is 40.7 Å². The third kappa shape index (κ3) is 7.21. The van der Waals surface area contributed by atoms with Gasteiger partial charge in [-0.3, -0.25) is 29.3 Å². The van der Waals surface area contributed by atoms with Gasteiger partial charge in [-0.1, -0.05) is 36.6 Å². The van der Waals surface area contributed by atoms with Crippen molar-refractivity contribution < 1.29 is 24.1 Å². The predicted molar refractivity (Wildman–Crippen MR) is 134 cm³/mol. The first-order valence-electron chi connectivity index (χ1n) is 11.9. The van der Waals surface area contributed by atoms with Gasteiger partial charge < -0.3 is 10.6 Å². The molecule has 9 nitrogen and oxygen atoms in total. The van der Waals surface area contributed by atoms with Crippen LogP contribution in [0, 0.1) is 22.0 Å². The smallest absolute Gasteiger partial charge is 0.269 e. The molecular formula is C26H28ClN3O6. The van der Waals surface area contributed by atoms with Gasteiger partial charge in [0, 0.05) is 41.4 Å². The molecule has 0 aliphatic carbocycles. The minimum absolute atomic E-state index is 0.0677. The number of non-ortho nitro benzene ring substituents is 1. The normalized spacial score (nSPS) is 19.9. The third-order valence-corrected chi connectivity index (χ3v) is 6.41. The highest BCUT2D eigenvalue weighted by atomic mass is 35.5. The second kappa shape index (κ2) is 12.9. The second-order valence-electron chi connectivity index (χ2n) is 8.72. The van der Waals surface area contributed by atoms with E-state index in [-0.39, 0.29) is 29.1 Å². The number of halogens is 1. The van der Waals surface area contributed by atoms with Crippen LogP contribution in [-0.4, -0.2) is 41.4 Å². The van der Waals surface area contributed by atoms with Crippen LogP contribution in [-0.2, 0) is 9.59 Å². The van der Waals surface area contributed by atoms with Crippen molar-refractivity contribution in [3.8, 4) is 0 Å². The molecule has 2 aliphatic heterocycles. The number of nitro benzene ring substituents is 1. The zero-order valence-corrected chi connectivity index (χ0v) is 20.5. The Morgan fingerprint density at radius 1 is 0.806 bits per heavy atom. The Balaban J connectivity index is 0.000000202. The minimum Gasteiger partial charge on any atom is -0.355 e. The van der Waals surface area contributed by atoms with E-state index in [1.807, 2.05) is 0 Å². The lowest BCUT2D eigenvalue weighted by Crippen LogP contribution is -2.33. The standard InChI is InChI=1S/C13H14ClNO2.C13H14N2O4/c14-10-5-3-4-9(8-10)12(16)11-6-1-2-7-15-13(11)17;16-12(11-3-1-2-8-14-13(11)17)9-4-6-10(7-5-9)15(18)19/h3-5,8,11H,1-2,6-7H2,(H,15,17);4-7,11H,1-3,8H2,(H,14,17). The van der Waals surface area contributed by atoms with E-state index in [1.54, 1.807) is 24.3 Å². The van der Waals surface area contributed by atoms with Gasteiger partial charge in [0.05, 0.1) is 4.92 Å². The molecule has 0 bridgehead atoms. The van der Waals surface area contributed by atoms with Crippen LogP contribution in [0.4, 0.5) is 5.69 Å². The Morgan fingerprint density at radius 2 is 1.33 bits per heavy atom. The zero-order valence-electron chi connectivity index (χ0n) is 19.7. The molecule has 2 aromatic carbocycles. The maximum atomic E-state index is 12.2. The van der Waals surface area contributed by atoms with Crippen molar-refractivity contribution in [1.29, 1.82) is 0 Å². The molecule has 2 saturated heterocycles. The summed E-state index contributed by atoms with van der Waals surface area (Å²) < 4.78 is 0. The summed E-state index contributed by atoms with van der Waals surface area (Å²) in [5.74, 6) is -2.05. The Kier molecular flexibility index (Phi) is 9.69. The number of benzene rings is 2. The lowest BCUT2D eigenvalue weighted by Gasteiger charge is -2.11. The van der Waals surface area contributed by atoms with E-state index in [0.717, 1.165) is 25.7 Å². The van der Waals surface area contributed by atoms with Gasteiger partial charge >= 0.3 is 0 Å². The first-order chi connectivity index (χ1) is 17.3. The molecule has 2 fully saturated rings. The lowest BCUT2D eigenvalue weighted by atomic mass is 9.93. The van der Waals surface area contributed by atoms with E-state index in [4.69, 9.17) is 11.6 Å². The van der Waals surface area contributed by atoms with Crippen LogP contribution in [0.1, 0.15) is 59.2 Å². The first kappa shape index (κ1) is 27.0. The van der Waals surface area contributed by atoms with Crippen molar-refractivity contribution in [3.05, 3.63) is 74.8 Å². The fourth-order valence-corrected chi connectivity index (χ4v) is 4.36. The van der Waals surface area contributed by atoms with Crippen LogP contribution in [0.5, 0.6) is 0 Å². The average molecular weight is 514 g/mol. The van der Waals surface area contributed by atoms with Crippen molar-refractivity contribution in [3.63, 3.8) is 0 Å². The van der Waals surface area contributed by atoms with Crippen molar-refractivity contribution in [2.45, 2.75) is 38.5 Å². The SMILES string of the molecule is O=C1NCCCCC1C(=O)c1ccc([N+](=O)[O-])cc1.O=C1NCCCCC1C(=O)c1cccc(Cl)c1. The monoisotopic (exact) mass is 513 g/mol. The van der Waals surface area contributed by atoms with Crippen LogP contribution < -0.4 is 10.6 Å². The maximum Gasteiger partial charge on any atom is 0.269 e. The van der Waals surface area contributed by atoms with Crippen LogP contribution in [0.25, 0.3) is 0 Å². The minimum atomic E-state index is -0.677. The average Bonchev–Trinajstić information content (AvgIpc) is 3.23. The van der Waals surface area contributed by atoms with Crippen LogP contribution in [0.3, 0.4) is 0 Å². The second-order valence-corrected chi connectivity index (χ2v) is 9.16. The molecule has 0 saturated carbocycles. The molecule has 2 aliphatic rings. The number of rotatable bonds is 5. The van der Waals surface area contributed by atoms with Gasteiger partial charge in [0.15, 0.2) is 11.6 Å². The number of carbonyl (C=O) groups is 4. The number of amides is 2. The molecule has 0 aromatic heterocycles. The van der Waals surface area contributed by atoms with Gasteiger partial charge in [0.1, 0.15) is 11.8 Å². The fraction of sp³-hybridized carbons (Fsp3) is 0.385. The summed E-state index contributed by atoms with van der Waals surface area (Å²) >= 11 is 5.84. The predicted octanol–water partition coefficient (Wildman–Crippen LogP) is 4.13. The number of hydrogen-bond donors (Lipinski definition) is 2. The van der Waals surface area contributed by atoms with Crippen molar-refractivity contribution in [2.75, 3.05) is 13.1 Å². The van der Waals surface area contributed by atoms with Crippen LogP contribution in [0.15, 0.2) is 48.5 Å². The molecule has 2 amide bonds. The van der Waals surface area contributed by atoms with E-state index in [0.29, 0.717) is 42.1 Å². The van der Waals surface area contributed by atoms with E-state index in [2.05, 4.69) is 10.6 Å². The van der Waals surface area contributed by atoms with E-state index in [1.165, 1.54) is 24.3 Å². The molecule has 2 aromatic rings. The summed E-state index contributed by atoms with van der Waals surface area (Å²) in [6.45, 7) is 1.26. The van der Waals surface area contributed by atoms with Gasteiger partial charge in [0.2, 0.25) is 11.8 Å². The molecule has 10 heteroatoms. The number of ketones is 2. The third-order valence-electron chi connectivity index (χ3n) is 6.18. The van der Waals surface area contributed by atoms with Gasteiger partial charge in [0.25, 0.3) is 5.69 Å². The van der Waals surface area contributed by atoms with E-state index >= 15 is 0 Å². The number of Topliss-reactive ketones (excluding diaryl/α,β-unsaturated/α-hetero) is 2. The van der Waals surface area contributed by atoms with E-state index in [9.17, 15) is 29.3 Å². The molecule has 2 heterocycles. The largest absolute Gasteiger partial charge is 0.355 e. The van der Waals surface area contributed by atoms with Gasteiger partial charge in [-0.25, -0.2) is 0 Å². The summed E-state index contributed by atoms with van der Waals surface area (Å²) in [5.41, 5.74) is 0.786. The van der Waals surface area contributed by atoms with Gasteiger partial charge in [-0.05, 0) is 49.9 Å². The van der Waals surface area contributed by atoms with E-state index < -0.39 is 16.8 Å². The highest BCUT2D eigenvalue weighted by molar-refractivity contribution is 6.31. The molecular weight excluding hydrogens is 486 g/mol. The number of hydrogen-bond acceptors (Lipinski definition) is 6. The summed E-state index contributed by atoms with van der Waals surface area (Å²) in [6.07, 6.45) is 4.68. The molecule has 2 N–H and O–H groups in total. The maximum absolute atomic E-state index is 12.2. The Bertz CT molecular complexity index is 1130. The van der Waals surface area contributed by atoms with Gasteiger partial charge in [-0.2, -0.15) is 0 Å². The molecule has 0 spiro atoms. The molecule has 4 rings (SSSR count). The summed E-state index contributed by atoms with van der Waals surface area (Å²) in [4.78, 5) is 57.9. The summed E-state index contributed by atoms with van der Waals surface area (Å²) in [5, 5.41) is 16.5. The topological polar surface area (TPSA) is 135 Å². The fourth-order valence-electron chi connectivity index (χ4n) is 4.17. The van der Waals surface area contributed by atoms with Crippen LogP contribution in [0.2, 0.25) is 5.02 Å². The number of nitrogens with one attached hydrogen (secondary N) is 2. The molecule has 190 valence electrons. The van der Waals surface area contributed by atoms with Crippen LogP contribution >= 0.6 is 11.6 Å². The highest BCUT2D eigenvalue weighted by Crippen LogP contribution is 2.21. The molecule has 2 atom stereocenters. The van der Waals surface area contributed by atoms with Crippen molar-refractivity contribution in [2.24, 2.45) is 11.8 Å². The Morgan fingerprint density at radius 3 is 1.83 bits per heavy atom. The number of nitro groups is 1. The quantitative estimate of drug-likeness (QED) is 0.267. The summed E-state index contributed by atoms with van der Waals surface area (Å²) in [6, 6.07) is 12.1. The first-order valence-corrected chi connectivity index (χ1v) is 12.3. The number of carbonyl (C=O) groups excluding carboxylic acids is 4. The summed E-state index contributed by atoms with van der Waals surface area (Å²) in [7, 11) is 0. The molecule has 0 radical (unpaired) electrons. The zero-order chi connectivity index (χ0) is 26.1. The Hall–Kier alpha value is -3.59. The lowest BCUT2D eigenvalue weighted by molar-refractivity contribution is -0.384. The Labute approximate surface area is 213 Å². The number of nitrogens with zero attached hydrogens (tertiary/aromatic N) is 1.